The summed E-state index contributed by atoms with van der Waals surface area (Å²) in [5, 5.41) is 14.3. The van der Waals surface area contributed by atoms with Crippen LogP contribution >= 0.6 is 11.8 Å². The van der Waals surface area contributed by atoms with Crippen molar-refractivity contribution in [1.82, 2.24) is 9.97 Å². The number of benzene rings is 2. The normalized spacial score (nSPS) is 10.6. The first-order chi connectivity index (χ1) is 13.4. The van der Waals surface area contributed by atoms with Crippen LogP contribution in [0.4, 0.5) is 11.4 Å². The largest absolute Gasteiger partial charge is 0.337 e. The molecule has 0 saturated carbocycles. The molecule has 0 saturated heterocycles. The van der Waals surface area contributed by atoms with E-state index in [1.54, 1.807) is 13.0 Å². The smallest absolute Gasteiger partial charge is 0.271 e. The molecule has 1 heterocycles. The first kappa shape index (κ1) is 19.6. The highest BCUT2D eigenvalue weighted by Crippen LogP contribution is 2.23. The Morgan fingerprint density at radius 3 is 2.68 bits per heavy atom. The maximum atomic E-state index is 12.3. The number of H-pyrrole nitrogens is 1. The number of carbonyl (C=O) groups is 1. The lowest BCUT2D eigenvalue weighted by Gasteiger charge is -2.07. The predicted molar refractivity (Wildman–Crippen MR) is 110 cm³/mol. The van der Waals surface area contributed by atoms with E-state index in [0.717, 1.165) is 23.4 Å². The van der Waals surface area contributed by atoms with Gasteiger partial charge in [-0.25, -0.2) is 4.98 Å². The number of rotatable bonds is 7. The molecule has 2 N–H and O–H groups in total. The van der Waals surface area contributed by atoms with Gasteiger partial charge in [-0.3, -0.25) is 14.9 Å². The summed E-state index contributed by atoms with van der Waals surface area (Å²) in [6.45, 7) is 3.75. The van der Waals surface area contributed by atoms with Gasteiger partial charge in [0.05, 0.1) is 22.1 Å². The summed E-state index contributed by atoms with van der Waals surface area (Å²) >= 11 is 1.30. The van der Waals surface area contributed by atoms with Gasteiger partial charge >= 0.3 is 0 Å². The molecule has 0 bridgehead atoms. The molecular weight excluding hydrogens is 376 g/mol. The third-order valence-corrected chi connectivity index (χ3v) is 5.10. The lowest BCUT2D eigenvalue weighted by Crippen LogP contribution is -2.15. The maximum Gasteiger partial charge on any atom is 0.271 e. The molecule has 3 rings (SSSR count). The van der Waals surface area contributed by atoms with E-state index in [1.165, 1.54) is 29.5 Å². The van der Waals surface area contributed by atoms with E-state index < -0.39 is 4.92 Å². The summed E-state index contributed by atoms with van der Waals surface area (Å²) in [5.74, 6) is -0.0906. The van der Waals surface area contributed by atoms with Crippen molar-refractivity contribution in [2.24, 2.45) is 0 Å². The Morgan fingerprint density at radius 2 is 1.96 bits per heavy atom. The average molecular weight is 396 g/mol. The third-order valence-electron chi connectivity index (χ3n) is 4.22. The van der Waals surface area contributed by atoms with Crippen LogP contribution in [0, 0.1) is 24.0 Å². The highest BCUT2D eigenvalue weighted by molar-refractivity contribution is 7.99. The van der Waals surface area contributed by atoms with Crippen LogP contribution in [0.5, 0.6) is 0 Å². The first-order valence-corrected chi connectivity index (χ1v) is 9.68. The topological polar surface area (TPSA) is 101 Å². The second-order valence-electron chi connectivity index (χ2n) is 6.37. The summed E-state index contributed by atoms with van der Waals surface area (Å²) in [7, 11) is 0. The molecule has 1 aromatic heterocycles. The fourth-order valence-electron chi connectivity index (χ4n) is 2.68. The lowest BCUT2D eigenvalue weighted by molar-refractivity contribution is -0.384. The number of nitrogens with one attached hydrogen (secondary N) is 2. The number of anilines is 1. The molecule has 0 fully saturated rings. The Morgan fingerprint density at radius 1 is 1.21 bits per heavy atom. The molecule has 2 aromatic carbocycles. The quantitative estimate of drug-likeness (QED) is 0.353. The molecular formula is C20H20N4O3S. The van der Waals surface area contributed by atoms with Crippen molar-refractivity contribution in [3.05, 3.63) is 81.2 Å². The number of nitrogens with zero attached hydrogens (tertiary/aromatic N) is 2. The summed E-state index contributed by atoms with van der Waals surface area (Å²) < 4.78 is 0. The molecule has 0 aliphatic rings. The van der Waals surface area contributed by atoms with E-state index in [-0.39, 0.29) is 17.3 Å². The van der Waals surface area contributed by atoms with Crippen molar-refractivity contribution in [1.29, 1.82) is 0 Å². The van der Waals surface area contributed by atoms with Crippen LogP contribution in [0.2, 0.25) is 0 Å². The number of aryl methyl sites for hydroxylation is 2. The lowest BCUT2D eigenvalue weighted by atomic mass is 10.1. The summed E-state index contributed by atoms with van der Waals surface area (Å²) in [4.78, 5) is 30.5. The van der Waals surface area contributed by atoms with Crippen LogP contribution in [0.3, 0.4) is 0 Å². The highest BCUT2D eigenvalue weighted by Gasteiger charge is 2.13. The van der Waals surface area contributed by atoms with Gasteiger partial charge in [-0.1, -0.05) is 48.2 Å². The van der Waals surface area contributed by atoms with Gasteiger partial charge in [0, 0.05) is 24.2 Å². The van der Waals surface area contributed by atoms with Gasteiger partial charge in [0.1, 0.15) is 0 Å². The summed E-state index contributed by atoms with van der Waals surface area (Å²) in [6.07, 6.45) is 0.725. The Balaban J connectivity index is 1.60. The minimum absolute atomic E-state index is 0.0548. The maximum absolute atomic E-state index is 12.3. The average Bonchev–Trinajstić information content (AvgIpc) is 3.02. The summed E-state index contributed by atoms with van der Waals surface area (Å²) in [6, 6.07) is 14.5. The van der Waals surface area contributed by atoms with Crippen molar-refractivity contribution in [3.8, 4) is 0 Å². The fourth-order valence-corrected chi connectivity index (χ4v) is 3.42. The van der Waals surface area contributed by atoms with E-state index in [2.05, 4.69) is 27.4 Å². The monoisotopic (exact) mass is 396 g/mol. The van der Waals surface area contributed by atoms with E-state index in [0.29, 0.717) is 10.8 Å². The molecule has 8 heteroatoms. The van der Waals surface area contributed by atoms with Gasteiger partial charge in [-0.15, -0.1) is 0 Å². The zero-order chi connectivity index (χ0) is 20.1. The van der Waals surface area contributed by atoms with Crippen molar-refractivity contribution in [2.75, 3.05) is 11.1 Å². The third kappa shape index (κ3) is 4.98. The van der Waals surface area contributed by atoms with Crippen LogP contribution in [0.25, 0.3) is 0 Å². The Labute approximate surface area is 166 Å². The highest BCUT2D eigenvalue weighted by atomic mass is 32.2. The van der Waals surface area contributed by atoms with Gasteiger partial charge in [0.2, 0.25) is 5.91 Å². The molecule has 0 spiro atoms. The van der Waals surface area contributed by atoms with Crippen LogP contribution in [-0.4, -0.2) is 26.6 Å². The number of hydrogen-bond donors (Lipinski definition) is 2. The molecule has 7 nitrogen and oxygen atoms in total. The Bertz CT molecular complexity index is 1000. The molecule has 3 aromatic rings. The number of hydrogen-bond acceptors (Lipinski definition) is 5. The van der Waals surface area contributed by atoms with E-state index in [4.69, 9.17) is 0 Å². The standard InChI is InChI=1S/C20H20N4O3S/c1-13-8-9-16(24(26)27)11-17(13)22-19(25)12-28-20-21-14(2)18(23-20)10-15-6-4-3-5-7-15/h3-9,11H,10,12H2,1-2H3,(H,21,23)(H,22,25). The van der Waals surface area contributed by atoms with Crippen molar-refractivity contribution < 1.29 is 9.72 Å². The second kappa shape index (κ2) is 8.71. The van der Waals surface area contributed by atoms with Gasteiger partial charge in [0.15, 0.2) is 5.16 Å². The number of non-ortho nitro benzene ring substituents is 1. The number of amides is 1. The number of nitro benzene ring substituents is 1. The van der Waals surface area contributed by atoms with Crippen molar-refractivity contribution >= 4 is 29.0 Å². The Kier molecular flexibility index (Phi) is 6.10. The second-order valence-corrected chi connectivity index (χ2v) is 7.33. The molecule has 144 valence electrons. The van der Waals surface area contributed by atoms with Gasteiger partial charge < -0.3 is 10.3 Å². The van der Waals surface area contributed by atoms with E-state index >= 15 is 0 Å². The van der Waals surface area contributed by atoms with E-state index in [9.17, 15) is 14.9 Å². The number of imidazole rings is 1. The number of nitro groups is 1. The molecule has 28 heavy (non-hydrogen) atoms. The van der Waals surface area contributed by atoms with Crippen LogP contribution in [0.1, 0.15) is 22.5 Å². The minimum atomic E-state index is -0.482. The van der Waals surface area contributed by atoms with Crippen LogP contribution in [-0.2, 0) is 11.2 Å². The molecule has 0 aliphatic carbocycles. The molecule has 0 unspecified atom stereocenters. The number of aromatic nitrogens is 2. The van der Waals surface area contributed by atoms with Gasteiger partial charge in [0.25, 0.3) is 5.69 Å². The van der Waals surface area contributed by atoms with Crippen LogP contribution in [0.15, 0.2) is 53.7 Å². The van der Waals surface area contributed by atoms with E-state index in [1.807, 2.05) is 25.1 Å². The predicted octanol–water partition coefficient (Wildman–Crippen LogP) is 4.26. The fraction of sp³-hybridized carbons (Fsp3) is 0.200. The zero-order valence-corrected chi connectivity index (χ0v) is 16.4. The number of thioether (sulfide) groups is 1. The molecule has 1 amide bonds. The number of aromatic amines is 1. The molecule has 0 atom stereocenters. The Hall–Kier alpha value is -3.13. The van der Waals surface area contributed by atoms with Gasteiger partial charge in [-0.2, -0.15) is 0 Å². The van der Waals surface area contributed by atoms with Crippen LogP contribution < -0.4 is 5.32 Å². The SMILES string of the molecule is Cc1ccc([N+](=O)[O-])cc1NC(=O)CSc1nc(Cc2ccccc2)c(C)[nH]1. The minimum Gasteiger partial charge on any atom is -0.337 e. The molecule has 0 radical (unpaired) electrons. The van der Waals surface area contributed by atoms with Crippen molar-refractivity contribution in [2.45, 2.75) is 25.4 Å². The van der Waals surface area contributed by atoms with Crippen molar-refractivity contribution in [3.63, 3.8) is 0 Å². The molecule has 0 aliphatic heterocycles. The number of carbonyl (C=O) groups excluding carboxylic acids is 1. The van der Waals surface area contributed by atoms with Gasteiger partial charge in [-0.05, 0) is 25.0 Å². The first-order valence-electron chi connectivity index (χ1n) is 8.69. The summed E-state index contributed by atoms with van der Waals surface area (Å²) in [5.41, 5.74) is 4.25. The zero-order valence-electron chi connectivity index (χ0n) is 15.6.